The standard InChI is InChI=1S/C19H18ClN3O3/c20-16-9-5-4-8-15(16)19(26)22-21-18(25)14-10-17(24)23(12-14)11-13-6-2-1-3-7-13/h1-9,14H,10-12H2,(H,21,25)(H,22,26). The van der Waals surface area contributed by atoms with Crippen molar-refractivity contribution in [3.8, 4) is 0 Å². The van der Waals surface area contributed by atoms with E-state index in [0.29, 0.717) is 18.1 Å². The van der Waals surface area contributed by atoms with E-state index in [4.69, 9.17) is 11.6 Å². The van der Waals surface area contributed by atoms with Gasteiger partial charge in [-0.3, -0.25) is 25.2 Å². The number of halogens is 1. The lowest BCUT2D eigenvalue weighted by Crippen LogP contribution is -2.45. The van der Waals surface area contributed by atoms with Crippen molar-refractivity contribution in [1.82, 2.24) is 15.8 Å². The molecule has 0 spiro atoms. The molecule has 1 fully saturated rings. The SMILES string of the molecule is O=C(NNC(=O)C1CC(=O)N(Cc2ccccc2)C1)c1ccccc1Cl. The summed E-state index contributed by atoms with van der Waals surface area (Å²) in [4.78, 5) is 38.1. The van der Waals surface area contributed by atoms with Crippen LogP contribution in [0.5, 0.6) is 0 Å². The van der Waals surface area contributed by atoms with E-state index in [0.717, 1.165) is 5.56 Å². The topological polar surface area (TPSA) is 78.5 Å². The Morgan fingerprint density at radius 3 is 2.46 bits per heavy atom. The fourth-order valence-electron chi connectivity index (χ4n) is 2.84. The molecule has 0 saturated carbocycles. The van der Waals surface area contributed by atoms with Gasteiger partial charge in [0.2, 0.25) is 11.8 Å². The normalized spacial score (nSPS) is 16.4. The first-order valence-electron chi connectivity index (χ1n) is 8.21. The van der Waals surface area contributed by atoms with Crippen LogP contribution >= 0.6 is 11.6 Å². The number of carbonyl (C=O) groups is 3. The molecule has 3 amide bonds. The quantitative estimate of drug-likeness (QED) is 0.808. The molecule has 1 saturated heterocycles. The van der Waals surface area contributed by atoms with Crippen molar-refractivity contribution < 1.29 is 14.4 Å². The summed E-state index contributed by atoms with van der Waals surface area (Å²) in [7, 11) is 0. The van der Waals surface area contributed by atoms with Crippen molar-refractivity contribution in [2.75, 3.05) is 6.54 Å². The second-order valence-corrected chi connectivity index (χ2v) is 6.49. The lowest BCUT2D eigenvalue weighted by atomic mass is 10.1. The Labute approximate surface area is 156 Å². The Balaban J connectivity index is 1.53. The minimum Gasteiger partial charge on any atom is -0.338 e. The monoisotopic (exact) mass is 371 g/mol. The van der Waals surface area contributed by atoms with Crippen LogP contribution < -0.4 is 10.9 Å². The van der Waals surface area contributed by atoms with Crippen LogP contribution in [-0.2, 0) is 16.1 Å². The van der Waals surface area contributed by atoms with Crippen molar-refractivity contribution in [3.05, 3.63) is 70.7 Å². The molecule has 0 aromatic heterocycles. The molecular formula is C19H18ClN3O3. The highest BCUT2D eigenvalue weighted by Crippen LogP contribution is 2.20. The molecule has 1 atom stereocenters. The van der Waals surface area contributed by atoms with Gasteiger partial charge in [-0.15, -0.1) is 0 Å². The van der Waals surface area contributed by atoms with Gasteiger partial charge >= 0.3 is 0 Å². The second kappa shape index (κ2) is 8.01. The van der Waals surface area contributed by atoms with Gasteiger partial charge in [-0.2, -0.15) is 0 Å². The Morgan fingerprint density at radius 2 is 1.73 bits per heavy atom. The molecule has 134 valence electrons. The van der Waals surface area contributed by atoms with Gasteiger partial charge in [0, 0.05) is 19.5 Å². The number of likely N-dealkylation sites (tertiary alicyclic amines) is 1. The van der Waals surface area contributed by atoms with Crippen LogP contribution in [0, 0.1) is 5.92 Å². The van der Waals surface area contributed by atoms with Gasteiger partial charge in [0.25, 0.3) is 5.91 Å². The predicted molar refractivity (Wildman–Crippen MR) is 97.0 cm³/mol. The fourth-order valence-corrected chi connectivity index (χ4v) is 3.06. The molecule has 6 nitrogen and oxygen atoms in total. The number of hydrazine groups is 1. The molecule has 2 aromatic carbocycles. The number of hydrogen-bond donors (Lipinski definition) is 2. The number of hydrogen-bond acceptors (Lipinski definition) is 3. The molecule has 2 aromatic rings. The van der Waals surface area contributed by atoms with Gasteiger partial charge in [-0.05, 0) is 17.7 Å². The maximum absolute atomic E-state index is 12.3. The van der Waals surface area contributed by atoms with Crippen molar-refractivity contribution in [1.29, 1.82) is 0 Å². The van der Waals surface area contributed by atoms with Crippen LogP contribution in [0.25, 0.3) is 0 Å². The molecule has 0 bridgehead atoms. The summed E-state index contributed by atoms with van der Waals surface area (Å²) in [6.45, 7) is 0.789. The van der Waals surface area contributed by atoms with Gasteiger partial charge in [0.05, 0.1) is 16.5 Å². The van der Waals surface area contributed by atoms with Crippen LogP contribution in [0.15, 0.2) is 54.6 Å². The van der Waals surface area contributed by atoms with Crippen molar-refractivity contribution in [3.63, 3.8) is 0 Å². The average molecular weight is 372 g/mol. The lowest BCUT2D eigenvalue weighted by Gasteiger charge is -2.16. The van der Waals surface area contributed by atoms with E-state index >= 15 is 0 Å². The summed E-state index contributed by atoms with van der Waals surface area (Å²) in [6.07, 6.45) is 0.126. The van der Waals surface area contributed by atoms with Gasteiger partial charge < -0.3 is 4.90 Å². The van der Waals surface area contributed by atoms with Gasteiger partial charge in [-0.25, -0.2) is 0 Å². The minimum atomic E-state index is -0.505. The van der Waals surface area contributed by atoms with E-state index in [1.165, 1.54) is 0 Å². The molecule has 2 N–H and O–H groups in total. The van der Waals surface area contributed by atoms with Gasteiger partial charge in [-0.1, -0.05) is 54.1 Å². The van der Waals surface area contributed by atoms with E-state index in [2.05, 4.69) is 10.9 Å². The van der Waals surface area contributed by atoms with Crippen molar-refractivity contribution in [2.45, 2.75) is 13.0 Å². The zero-order chi connectivity index (χ0) is 18.5. The molecule has 3 rings (SSSR count). The van der Waals surface area contributed by atoms with Crippen LogP contribution in [0.1, 0.15) is 22.3 Å². The van der Waals surface area contributed by atoms with Crippen LogP contribution in [0.3, 0.4) is 0 Å². The van der Waals surface area contributed by atoms with Crippen molar-refractivity contribution in [2.24, 2.45) is 5.92 Å². The second-order valence-electron chi connectivity index (χ2n) is 6.08. The van der Waals surface area contributed by atoms with Crippen LogP contribution in [0.2, 0.25) is 5.02 Å². The maximum Gasteiger partial charge on any atom is 0.271 e. The number of amides is 3. The summed E-state index contributed by atoms with van der Waals surface area (Å²) in [6, 6.07) is 16.1. The predicted octanol–water partition coefficient (Wildman–Crippen LogP) is 2.15. The summed E-state index contributed by atoms with van der Waals surface area (Å²) >= 11 is 5.95. The average Bonchev–Trinajstić information content (AvgIpc) is 3.01. The van der Waals surface area contributed by atoms with E-state index in [1.807, 2.05) is 30.3 Å². The number of benzene rings is 2. The smallest absolute Gasteiger partial charge is 0.271 e. The fraction of sp³-hybridized carbons (Fsp3) is 0.211. The van der Waals surface area contributed by atoms with Crippen LogP contribution in [0.4, 0.5) is 0 Å². The summed E-state index contributed by atoms with van der Waals surface area (Å²) in [5, 5.41) is 0.296. The van der Waals surface area contributed by atoms with E-state index < -0.39 is 17.7 Å². The highest BCUT2D eigenvalue weighted by Gasteiger charge is 2.34. The maximum atomic E-state index is 12.3. The molecule has 7 heteroatoms. The summed E-state index contributed by atoms with van der Waals surface area (Å²) < 4.78 is 0. The van der Waals surface area contributed by atoms with Crippen molar-refractivity contribution >= 4 is 29.3 Å². The Kier molecular flexibility index (Phi) is 5.53. The molecule has 1 heterocycles. The number of carbonyl (C=O) groups excluding carboxylic acids is 3. The number of nitrogens with one attached hydrogen (secondary N) is 2. The lowest BCUT2D eigenvalue weighted by molar-refractivity contribution is -0.129. The Morgan fingerprint density at radius 1 is 1.04 bits per heavy atom. The third-order valence-corrected chi connectivity index (χ3v) is 4.55. The zero-order valence-electron chi connectivity index (χ0n) is 13.9. The van der Waals surface area contributed by atoms with E-state index in [1.54, 1.807) is 29.2 Å². The summed E-state index contributed by atoms with van der Waals surface area (Å²) in [5.74, 6) is -1.48. The minimum absolute atomic E-state index is 0.0774. The first-order valence-corrected chi connectivity index (χ1v) is 8.59. The zero-order valence-corrected chi connectivity index (χ0v) is 14.7. The first-order chi connectivity index (χ1) is 12.5. The number of rotatable bonds is 4. The van der Waals surface area contributed by atoms with Crippen LogP contribution in [-0.4, -0.2) is 29.2 Å². The van der Waals surface area contributed by atoms with E-state index in [9.17, 15) is 14.4 Å². The molecule has 1 aliphatic rings. The largest absolute Gasteiger partial charge is 0.338 e. The summed E-state index contributed by atoms with van der Waals surface area (Å²) in [5.41, 5.74) is 6.00. The van der Waals surface area contributed by atoms with Gasteiger partial charge in [0.15, 0.2) is 0 Å². The molecule has 0 radical (unpaired) electrons. The molecule has 1 unspecified atom stereocenters. The third kappa shape index (κ3) is 4.21. The molecule has 0 aliphatic carbocycles. The number of nitrogens with zero attached hydrogens (tertiary/aromatic N) is 1. The molecular weight excluding hydrogens is 354 g/mol. The Bertz CT molecular complexity index is 826. The third-order valence-electron chi connectivity index (χ3n) is 4.22. The first kappa shape index (κ1) is 17.9. The Hall–Kier alpha value is -2.86. The molecule has 26 heavy (non-hydrogen) atoms. The highest BCUT2D eigenvalue weighted by molar-refractivity contribution is 6.33. The van der Waals surface area contributed by atoms with Gasteiger partial charge in [0.1, 0.15) is 0 Å². The highest BCUT2D eigenvalue weighted by atomic mass is 35.5. The molecule has 1 aliphatic heterocycles. The van der Waals surface area contributed by atoms with E-state index in [-0.39, 0.29) is 17.9 Å².